The highest BCUT2D eigenvalue weighted by atomic mass is 19.1. The highest BCUT2D eigenvalue weighted by Gasteiger charge is 2.27. The predicted molar refractivity (Wildman–Crippen MR) is 190 cm³/mol. The largest absolute Gasteiger partial charge is 0.508 e. The summed E-state index contributed by atoms with van der Waals surface area (Å²) in [6.07, 6.45) is 7.67. The number of benzene rings is 2. The van der Waals surface area contributed by atoms with Gasteiger partial charge in [-0.15, -0.1) is 0 Å². The molecule has 0 radical (unpaired) electrons. The lowest BCUT2D eigenvalue weighted by molar-refractivity contribution is -0.115. The summed E-state index contributed by atoms with van der Waals surface area (Å²) in [5, 5.41) is 16.4. The van der Waals surface area contributed by atoms with Gasteiger partial charge >= 0.3 is 0 Å². The fraction of sp³-hybridized carbons (Fsp3) is 0.436. The van der Waals surface area contributed by atoms with E-state index in [4.69, 9.17) is 9.47 Å². The number of ether oxygens (including phenoxy) is 2. The van der Waals surface area contributed by atoms with Gasteiger partial charge in [0.05, 0.1) is 19.4 Å². The first-order valence-electron chi connectivity index (χ1n) is 17.7. The topological polar surface area (TPSA) is 125 Å². The standard InChI is InChI=1S/C39H46FN5O5/c1-3-26-13-14-41-36(19-25(26)2)38(48)44-31-9-7-30(8-10-31)43-37(47)35-22-29(40)23-42-39(35)50-33-6-4-5-27(21-33)34-12-11-32(46)20-28(34)24-45-15-17-49-18-16-45/h4-6,11-12,19-23,26,30-31,46H,3,7-10,13-18,24H2,1-2H3,(H,43,47)(H,44,48). The SMILES string of the molecule is CCC1CCN=C(C(=O)NC2CCC(NC(=O)c3cc(F)cnc3Oc3cccc(-c4ccc(O)cc4CN4CCOCC4)c3)CC2)C=C1C. The molecular formula is C39H46FN5O5. The van der Waals surface area contributed by atoms with Gasteiger partial charge in [-0.25, -0.2) is 9.37 Å². The number of amides is 2. The van der Waals surface area contributed by atoms with Crippen LogP contribution in [-0.4, -0.2) is 77.4 Å². The Morgan fingerprint density at radius 2 is 1.74 bits per heavy atom. The molecule has 3 aromatic rings. The summed E-state index contributed by atoms with van der Waals surface area (Å²) in [5.41, 5.74) is 4.46. The van der Waals surface area contributed by atoms with E-state index >= 15 is 0 Å². The Morgan fingerprint density at radius 3 is 2.48 bits per heavy atom. The van der Waals surface area contributed by atoms with Gasteiger partial charge in [0, 0.05) is 38.3 Å². The van der Waals surface area contributed by atoms with Crippen LogP contribution in [0.5, 0.6) is 17.4 Å². The van der Waals surface area contributed by atoms with Gasteiger partial charge in [-0.2, -0.15) is 0 Å². The average molecular weight is 684 g/mol. The van der Waals surface area contributed by atoms with Gasteiger partial charge in [0.25, 0.3) is 11.8 Å². The Hall–Kier alpha value is -4.61. The van der Waals surface area contributed by atoms with Crippen LogP contribution in [0.1, 0.15) is 68.3 Å². The van der Waals surface area contributed by atoms with Crippen LogP contribution in [0.3, 0.4) is 0 Å². The fourth-order valence-corrected chi connectivity index (χ4v) is 7.02. The number of aromatic hydroxyl groups is 1. The van der Waals surface area contributed by atoms with E-state index in [0.29, 0.717) is 69.4 Å². The number of phenolic OH excluding ortho intramolecular Hbond substituents is 1. The number of carbonyl (C=O) groups is 2. The maximum Gasteiger partial charge on any atom is 0.269 e. The molecule has 0 spiro atoms. The Morgan fingerprint density at radius 1 is 1.00 bits per heavy atom. The summed E-state index contributed by atoms with van der Waals surface area (Å²) >= 11 is 0. The van der Waals surface area contributed by atoms with Crippen LogP contribution in [0.15, 0.2) is 71.4 Å². The van der Waals surface area contributed by atoms with Gasteiger partial charge in [0.2, 0.25) is 5.88 Å². The van der Waals surface area contributed by atoms with Crippen molar-refractivity contribution in [2.45, 2.75) is 71.0 Å². The summed E-state index contributed by atoms with van der Waals surface area (Å²) in [5.74, 6) is -0.182. The zero-order chi connectivity index (χ0) is 35.0. The van der Waals surface area contributed by atoms with Gasteiger partial charge < -0.3 is 25.2 Å². The molecule has 10 nitrogen and oxygen atoms in total. The van der Waals surface area contributed by atoms with Gasteiger partial charge in [0.15, 0.2) is 0 Å². The van der Waals surface area contributed by atoms with Crippen molar-refractivity contribution in [3.05, 3.63) is 83.3 Å². The molecule has 2 aliphatic heterocycles. The minimum absolute atomic E-state index is 0.000851. The van der Waals surface area contributed by atoms with Crippen molar-refractivity contribution in [3.8, 4) is 28.5 Å². The maximum atomic E-state index is 14.4. The second kappa shape index (κ2) is 16.4. The number of phenols is 1. The zero-order valence-electron chi connectivity index (χ0n) is 28.8. The Balaban J connectivity index is 1.09. The van der Waals surface area contributed by atoms with Gasteiger partial charge in [-0.3, -0.25) is 19.5 Å². The highest BCUT2D eigenvalue weighted by molar-refractivity contribution is 6.43. The summed E-state index contributed by atoms with van der Waals surface area (Å²) in [7, 11) is 0. The molecule has 1 saturated carbocycles. The van der Waals surface area contributed by atoms with Gasteiger partial charge in [-0.1, -0.05) is 30.7 Å². The van der Waals surface area contributed by atoms with E-state index in [1.807, 2.05) is 30.3 Å². The fourth-order valence-electron chi connectivity index (χ4n) is 7.02. The molecule has 1 aliphatic carbocycles. The van der Waals surface area contributed by atoms with E-state index in [2.05, 4.69) is 39.4 Å². The van der Waals surface area contributed by atoms with Crippen LogP contribution in [0.2, 0.25) is 0 Å². The first kappa shape index (κ1) is 35.2. The highest BCUT2D eigenvalue weighted by Crippen LogP contribution is 2.33. The number of morpholine rings is 1. The number of pyridine rings is 1. The number of nitrogens with zero attached hydrogens (tertiary/aromatic N) is 3. The summed E-state index contributed by atoms with van der Waals surface area (Å²) in [6.45, 7) is 8.49. The smallest absolute Gasteiger partial charge is 0.269 e. The first-order valence-corrected chi connectivity index (χ1v) is 17.7. The number of rotatable bonds is 10. The summed E-state index contributed by atoms with van der Waals surface area (Å²) in [4.78, 5) is 37.4. The van der Waals surface area contributed by atoms with Crippen LogP contribution < -0.4 is 15.4 Å². The number of hydrogen-bond acceptors (Lipinski definition) is 8. The monoisotopic (exact) mass is 683 g/mol. The molecule has 50 heavy (non-hydrogen) atoms. The molecule has 264 valence electrons. The minimum Gasteiger partial charge on any atom is -0.508 e. The second-order valence-corrected chi connectivity index (χ2v) is 13.4. The Bertz CT molecular complexity index is 1750. The predicted octanol–water partition coefficient (Wildman–Crippen LogP) is 6.19. The molecule has 1 unspecified atom stereocenters. The number of nitrogens with one attached hydrogen (secondary N) is 2. The summed E-state index contributed by atoms with van der Waals surface area (Å²) < 4.78 is 26.0. The Kier molecular flexibility index (Phi) is 11.6. The van der Waals surface area contributed by atoms with Crippen LogP contribution in [0.25, 0.3) is 11.1 Å². The first-order chi connectivity index (χ1) is 24.2. The molecule has 2 amide bonds. The molecule has 1 atom stereocenters. The van der Waals surface area contributed by atoms with Crippen molar-refractivity contribution >= 4 is 17.5 Å². The molecule has 3 N–H and O–H groups in total. The zero-order valence-corrected chi connectivity index (χ0v) is 28.8. The van der Waals surface area contributed by atoms with Crippen LogP contribution in [0, 0.1) is 11.7 Å². The molecule has 1 aromatic heterocycles. The van der Waals surface area contributed by atoms with E-state index in [1.165, 1.54) is 5.57 Å². The number of aliphatic imine (C=N–C) groups is 1. The van der Waals surface area contributed by atoms with Crippen molar-refractivity contribution in [2.24, 2.45) is 10.9 Å². The molecular weight excluding hydrogens is 637 g/mol. The molecule has 6 rings (SSSR count). The normalized spacial score (nSPS) is 21.4. The lowest BCUT2D eigenvalue weighted by atomic mass is 9.90. The number of hydrogen-bond donors (Lipinski definition) is 3. The van der Waals surface area contributed by atoms with Crippen molar-refractivity contribution in [3.63, 3.8) is 0 Å². The van der Waals surface area contributed by atoms with Crippen molar-refractivity contribution < 1.29 is 28.6 Å². The summed E-state index contributed by atoms with van der Waals surface area (Å²) in [6, 6.07) is 13.7. The molecule has 1 saturated heterocycles. The second-order valence-electron chi connectivity index (χ2n) is 13.4. The van der Waals surface area contributed by atoms with E-state index in [-0.39, 0.29) is 35.2 Å². The molecule has 11 heteroatoms. The van der Waals surface area contributed by atoms with E-state index < -0.39 is 11.7 Å². The molecule has 3 heterocycles. The molecule has 3 aliphatic rings. The number of halogens is 1. The van der Waals surface area contributed by atoms with E-state index in [9.17, 15) is 19.1 Å². The number of carbonyl (C=O) groups excluding carboxylic acids is 2. The van der Waals surface area contributed by atoms with Gasteiger partial charge in [0.1, 0.15) is 28.6 Å². The maximum absolute atomic E-state index is 14.4. The Labute approximate surface area is 292 Å². The third-order valence-electron chi connectivity index (χ3n) is 9.90. The lowest BCUT2D eigenvalue weighted by Gasteiger charge is -2.29. The molecule has 0 bridgehead atoms. The van der Waals surface area contributed by atoms with E-state index in [0.717, 1.165) is 54.9 Å². The molecule has 2 fully saturated rings. The van der Waals surface area contributed by atoms with Crippen molar-refractivity contribution in [1.82, 2.24) is 20.5 Å². The number of allylic oxidation sites excluding steroid dienone is 1. The van der Waals surface area contributed by atoms with Crippen molar-refractivity contribution in [1.29, 1.82) is 0 Å². The molecule has 2 aromatic carbocycles. The number of aromatic nitrogens is 1. The third kappa shape index (κ3) is 8.94. The minimum atomic E-state index is -0.643. The lowest BCUT2D eigenvalue weighted by Crippen LogP contribution is -2.45. The van der Waals surface area contributed by atoms with E-state index in [1.54, 1.807) is 18.2 Å². The van der Waals surface area contributed by atoms with Gasteiger partial charge in [-0.05, 0) is 104 Å². The quantitative estimate of drug-likeness (QED) is 0.233. The van der Waals surface area contributed by atoms with Crippen LogP contribution >= 0.6 is 0 Å². The third-order valence-corrected chi connectivity index (χ3v) is 9.90. The average Bonchev–Trinajstić information content (AvgIpc) is 3.31. The van der Waals surface area contributed by atoms with Crippen LogP contribution in [-0.2, 0) is 16.1 Å². The van der Waals surface area contributed by atoms with Crippen LogP contribution in [0.4, 0.5) is 4.39 Å². The van der Waals surface area contributed by atoms with Crippen molar-refractivity contribution in [2.75, 3.05) is 32.8 Å².